The summed E-state index contributed by atoms with van der Waals surface area (Å²) in [6, 6.07) is 13.6. The molecule has 5 nitrogen and oxygen atoms in total. The Balaban J connectivity index is 1.43. The molecule has 1 aromatic carbocycles. The predicted molar refractivity (Wildman–Crippen MR) is 96.5 cm³/mol. The Morgan fingerprint density at radius 1 is 1.24 bits per heavy atom. The quantitative estimate of drug-likeness (QED) is 0.783. The molecule has 3 heterocycles. The third-order valence-corrected chi connectivity index (χ3v) is 4.98. The molecule has 1 aliphatic heterocycles. The summed E-state index contributed by atoms with van der Waals surface area (Å²) in [5.74, 6) is 0.824. The smallest absolute Gasteiger partial charge is 0.226 e. The summed E-state index contributed by atoms with van der Waals surface area (Å²) in [4.78, 5) is 21.3. The fraction of sp³-hybridized carbons (Fsp3) is 0.211. The molecule has 0 fully saturated rings. The van der Waals surface area contributed by atoms with Crippen molar-refractivity contribution in [1.29, 1.82) is 0 Å². The summed E-state index contributed by atoms with van der Waals surface area (Å²) >= 11 is 1.51. The maximum Gasteiger partial charge on any atom is 0.226 e. The first-order chi connectivity index (χ1) is 12.3. The molecular formula is C19H17N3O2S. The summed E-state index contributed by atoms with van der Waals surface area (Å²) in [6.07, 6.45) is 2.79. The number of hydrogen-bond donors (Lipinski definition) is 1. The monoisotopic (exact) mass is 351 g/mol. The fourth-order valence-electron chi connectivity index (χ4n) is 2.90. The maximum absolute atomic E-state index is 12.4. The van der Waals surface area contributed by atoms with E-state index >= 15 is 0 Å². The number of benzene rings is 1. The van der Waals surface area contributed by atoms with Gasteiger partial charge in [0.2, 0.25) is 5.91 Å². The van der Waals surface area contributed by atoms with E-state index in [-0.39, 0.29) is 18.4 Å². The Morgan fingerprint density at radius 2 is 2.12 bits per heavy atom. The third kappa shape index (κ3) is 3.53. The van der Waals surface area contributed by atoms with E-state index in [9.17, 15) is 4.79 Å². The van der Waals surface area contributed by atoms with Crippen molar-refractivity contribution < 1.29 is 9.53 Å². The van der Waals surface area contributed by atoms with Gasteiger partial charge < -0.3 is 10.1 Å². The molecule has 1 aliphatic rings. The van der Waals surface area contributed by atoms with Crippen molar-refractivity contribution in [3.05, 3.63) is 65.3 Å². The predicted octanol–water partition coefficient (Wildman–Crippen LogP) is 3.39. The lowest BCUT2D eigenvalue weighted by molar-refractivity contribution is -0.121. The van der Waals surface area contributed by atoms with Crippen LogP contribution in [0.25, 0.3) is 10.7 Å². The van der Waals surface area contributed by atoms with Crippen LogP contribution in [0, 0.1) is 0 Å². The molecule has 4 rings (SSSR count). The summed E-state index contributed by atoms with van der Waals surface area (Å²) in [6.45, 7) is 0.614. The topological polar surface area (TPSA) is 64.1 Å². The van der Waals surface area contributed by atoms with Gasteiger partial charge in [-0.3, -0.25) is 9.78 Å². The molecule has 25 heavy (non-hydrogen) atoms. The number of pyridine rings is 1. The van der Waals surface area contributed by atoms with Gasteiger partial charge in [-0.2, -0.15) is 0 Å². The first kappa shape index (κ1) is 15.8. The second-order valence-electron chi connectivity index (χ2n) is 5.83. The van der Waals surface area contributed by atoms with Gasteiger partial charge in [-0.1, -0.05) is 24.3 Å². The van der Waals surface area contributed by atoms with Crippen molar-refractivity contribution in [3.8, 4) is 16.5 Å². The molecular weight excluding hydrogens is 334 g/mol. The molecule has 2 aromatic heterocycles. The number of fused-ring (bicyclic) bond motifs is 1. The van der Waals surface area contributed by atoms with Gasteiger partial charge in [0.15, 0.2) is 0 Å². The lowest BCUT2D eigenvalue weighted by Crippen LogP contribution is -2.33. The standard InChI is InChI=1S/C19H17N3O2S/c23-18(22-15-8-10-24-17-7-2-1-5-14(15)17)11-13-12-25-19(21-13)16-6-3-4-9-20-16/h1-7,9,12,15H,8,10-11H2,(H,22,23)/t15-/m1/s1. The molecule has 0 unspecified atom stereocenters. The van der Waals surface area contributed by atoms with Crippen LogP contribution in [0.2, 0.25) is 0 Å². The largest absolute Gasteiger partial charge is 0.493 e. The van der Waals surface area contributed by atoms with Crippen molar-refractivity contribution in [2.45, 2.75) is 18.9 Å². The Labute approximate surface area is 149 Å². The highest BCUT2D eigenvalue weighted by Crippen LogP contribution is 2.31. The van der Waals surface area contributed by atoms with E-state index in [0.29, 0.717) is 6.61 Å². The van der Waals surface area contributed by atoms with Gasteiger partial charge in [-0.25, -0.2) is 4.98 Å². The van der Waals surface area contributed by atoms with Gasteiger partial charge >= 0.3 is 0 Å². The minimum absolute atomic E-state index is 0.00801. The average molecular weight is 351 g/mol. The number of rotatable bonds is 4. The molecule has 0 radical (unpaired) electrons. The van der Waals surface area contributed by atoms with Crippen LogP contribution >= 0.6 is 11.3 Å². The number of para-hydroxylation sites is 1. The van der Waals surface area contributed by atoms with Crippen molar-refractivity contribution in [2.75, 3.05) is 6.61 Å². The van der Waals surface area contributed by atoms with E-state index in [4.69, 9.17) is 4.74 Å². The number of nitrogens with one attached hydrogen (secondary N) is 1. The summed E-state index contributed by atoms with van der Waals surface area (Å²) in [5, 5.41) is 5.85. The zero-order valence-corrected chi connectivity index (χ0v) is 14.3. The molecule has 0 saturated heterocycles. The highest BCUT2D eigenvalue weighted by molar-refractivity contribution is 7.13. The molecule has 3 aromatic rings. The molecule has 1 atom stereocenters. The Kier molecular flexibility index (Phi) is 4.43. The van der Waals surface area contributed by atoms with Crippen molar-refractivity contribution >= 4 is 17.2 Å². The second-order valence-corrected chi connectivity index (χ2v) is 6.69. The van der Waals surface area contributed by atoms with E-state index in [0.717, 1.165) is 34.1 Å². The van der Waals surface area contributed by atoms with Gasteiger partial charge in [-0.05, 0) is 18.2 Å². The summed E-state index contributed by atoms with van der Waals surface area (Å²) in [7, 11) is 0. The van der Waals surface area contributed by atoms with Crippen LogP contribution in [-0.4, -0.2) is 22.5 Å². The number of carbonyl (C=O) groups excluding carboxylic acids is 1. The average Bonchev–Trinajstić information content (AvgIpc) is 3.11. The van der Waals surface area contributed by atoms with Gasteiger partial charge in [0, 0.05) is 23.6 Å². The van der Waals surface area contributed by atoms with Crippen molar-refractivity contribution in [1.82, 2.24) is 15.3 Å². The van der Waals surface area contributed by atoms with Crippen LogP contribution in [0.5, 0.6) is 5.75 Å². The number of amides is 1. The normalized spacial score (nSPS) is 15.9. The lowest BCUT2D eigenvalue weighted by Gasteiger charge is -2.26. The first-order valence-electron chi connectivity index (χ1n) is 8.16. The van der Waals surface area contributed by atoms with E-state index in [2.05, 4.69) is 15.3 Å². The van der Waals surface area contributed by atoms with Crippen molar-refractivity contribution in [3.63, 3.8) is 0 Å². The molecule has 0 aliphatic carbocycles. The van der Waals surface area contributed by atoms with E-state index in [1.165, 1.54) is 11.3 Å². The van der Waals surface area contributed by atoms with E-state index in [1.54, 1.807) is 6.20 Å². The number of nitrogens with zero attached hydrogens (tertiary/aromatic N) is 2. The maximum atomic E-state index is 12.4. The van der Waals surface area contributed by atoms with Crippen LogP contribution in [0.15, 0.2) is 54.0 Å². The SMILES string of the molecule is O=C(Cc1csc(-c2ccccn2)n1)N[C@@H]1CCOc2ccccc21. The van der Waals surface area contributed by atoms with Crippen LogP contribution < -0.4 is 10.1 Å². The van der Waals surface area contributed by atoms with Crippen LogP contribution in [-0.2, 0) is 11.2 Å². The van der Waals surface area contributed by atoms with Crippen LogP contribution in [0.4, 0.5) is 0 Å². The number of thiazole rings is 1. The minimum Gasteiger partial charge on any atom is -0.493 e. The third-order valence-electron chi connectivity index (χ3n) is 4.07. The Morgan fingerprint density at radius 3 is 3.00 bits per heavy atom. The molecule has 0 spiro atoms. The number of ether oxygens (including phenoxy) is 1. The molecule has 6 heteroatoms. The number of hydrogen-bond acceptors (Lipinski definition) is 5. The Hall–Kier alpha value is -2.73. The minimum atomic E-state index is -0.0282. The molecule has 1 N–H and O–H groups in total. The van der Waals surface area contributed by atoms with Gasteiger partial charge in [-0.15, -0.1) is 11.3 Å². The zero-order chi connectivity index (χ0) is 17.1. The molecule has 126 valence electrons. The first-order valence-corrected chi connectivity index (χ1v) is 9.04. The van der Waals surface area contributed by atoms with Crippen molar-refractivity contribution in [2.24, 2.45) is 0 Å². The Bertz CT molecular complexity index is 879. The highest BCUT2D eigenvalue weighted by atomic mass is 32.1. The van der Waals surface area contributed by atoms with Gasteiger partial charge in [0.25, 0.3) is 0 Å². The van der Waals surface area contributed by atoms with E-state index < -0.39 is 0 Å². The molecule has 0 bridgehead atoms. The molecule has 0 saturated carbocycles. The van der Waals surface area contributed by atoms with Gasteiger partial charge in [0.05, 0.1) is 30.5 Å². The van der Waals surface area contributed by atoms with Crippen LogP contribution in [0.1, 0.15) is 23.7 Å². The number of carbonyl (C=O) groups is 1. The zero-order valence-electron chi connectivity index (χ0n) is 13.5. The lowest BCUT2D eigenvalue weighted by atomic mass is 10.0. The van der Waals surface area contributed by atoms with Crippen LogP contribution in [0.3, 0.4) is 0 Å². The van der Waals surface area contributed by atoms with Gasteiger partial charge in [0.1, 0.15) is 10.8 Å². The summed E-state index contributed by atoms with van der Waals surface area (Å²) < 4.78 is 5.64. The fourth-order valence-corrected chi connectivity index (χ4v) is 3.69. The highest BCUT2D eigenvalue weighted by Gasteiger charge is 2.22. The summed E-state index contributed by atoms with van der Waals surface area (Å²) in [5.41, 5.74) is 2.63. The molecule has 1 amide bonds. The van der Waals surface area contributed by atoms with E-state index in [1.807, 2.05) is 47.8 Å². The number of aromatic nitrogens is 2. The second kappa shape index (κ2) is 7.03.